The van der Waals surface area contributed by atoms with Gasteiger partial charge in [-0.25, -0.2) is 0 Å². The molecule has 13 heavy (non-hydrogen) atoms. The predicted molar refractivity (Wildman–Crippen MR) is 48.2 cm³/mol. The van der Waals surface area contributed by atoms with Crippen molar-refractivity contribution in [1.29, 1.82) is 0 Å². The van der Waals surface area contributed by atoms with Crippen LogP contribution in [0.2, 0.25) is 0 Å². The van der Waals surface area contributed by atoms with E-state index < -0.39 is 0 Å². The zero-order valence-corrected chi connectivity index (χ0v) is 7.66. The Kier molecular flexibility index (Phi) is 2.14. The molecule has 0 aromatic carbocycles. The average Bonchev–Trinajstić information content (AvgIpc) is 2.52. The maximum Gasteiger partial charge on any atom is 0.136 e. The highest BCUT2D eigenvalue weighted by Crippen LogP contribution is 2.19. The number of hydrogen-bond donors (Lipinski definition) is 1. The standard InChI is InChI=1S/C9H13N3O/c1-12-6-7(5-11-12)9-4-8(13)2-3-10-9/h5-6,9-10H,2-4H2,1H3. The first-order valence-electron chi connectivity index (χ1n) is 4.49. The molecule has 1 aliphatic heterocycles. The molecule has 4 nitrogen and oxygen atoms in total. The summed E-state index contributed by atoms with van der Waals surface area (Å²) in [6.45, 7) is 0.790. The van der Waals surface area contributed by atoms with Gasteiger partial charge in [0.15, 0.2) is 0 Å². The number of carbonyl (C=O) groups is 1. The van der Waals surface area contributed by atoms with Gasteiger partial charge in [-0.05, 0) is 0 Å². The molecular weight excluding hydrogens is 166 g/mol. The second-order valence-corrected chi connectivity index (χ2v) is 3.45. The minimum absolute atomic E-state index is 0.176. The number of nitrogens with zero attached hydrogens (tertiary/aromatic N) is 2. The molecule has 1 aromatic heterocycles. The molecule has 4 heteroatoms. The van der Waals surface area contributed by atoms with Crippen LogP contribution in [0.1, 0.15) is 24.4 Å². The van der Waals surface area contributed by atoms with Gasteiger partial charge in [0.1, 0.15) is 5.78 Å². The number of aryl methyl sites for hydroxylation is 1. The number of hydrogen-bond acceptors (Lipinski definition) is 3. The fourth-order valence-electron chi connectivity index (χ4n) is 1.64. The molecule has 1 atom stereocenters. The summed E-state index contributed by atoms with van der Waals surface area (Å²) in [5.41, 5.74) is 1.11. The smallest absolute Gasteiger partial charge is 0.136 e. The Hall–Kier alpha value is -1.16. The Bertz CT molecular complexity index is 318. The summed E-state index contributed by atoms with van der Waals surface area (Å²) in [4.78, 5) is 11.2. The summed E-state index contributed by atoms with van der Waals surface area (Å²) in [6.07, 6.45) is 5.04. The van der Waals surface area contributed by atoms with Gasteiger partial charge in [-0.1, -0.05) is 0 Å². The fourth-order valence-corrected chi connectivity index (χ4v) is 1.64. The minimum atomic E-state index is 0.176. The van der Waals surface area contributed by atoms with Crippen LogP contribution < -0.4 is 5.32 Å². The summed E-state index contributed by atoms with van der Waals surface area (Å²) >= 11 is 0. The number of rotatable bonds is 1. The Balaban J connectivity index is 2.12. The minimum Gasteiger partial charge on any atom is -0.309 e. The van der Waals surface area contributed by atoms with E-state index in [4.69, 9.17) is 0 Å². The lowest BCUT2D eigenvalue weighted by molar-refractivity contribution is -0.120. The van der Waals surface area contributed by atoms with Crippen LogP contribution in [0, 0.1) is 0 Å². The van der Waals surface area contributed by atoms with Crippen molar-refractivity contribution in [2.24, 2.45) is 7.05 Å². The lowest BCUT2D eigenvalue weighted by Gasteiger charge is -2.21. The van der Waals surface area contributed by atoms with Crippen LogP contribution in [0.15, 0.2) is 12.4 Å². The van der Waals surface area contributed by atoms with E-state index in [0.717, 1.165) is 12.1 Å². The van der Waals surface area contributed by atoms with E-state index in [-0.39, 0.29) is 6.04 Å². The van der Waals surface area contributed by atoms with Gasteiger partial charge >= 0.3 is 0 Å². The Morgan fingerprint density at radius 3 is 3.15 bits per heavy atom. The summed E-state index contributed by atoms with van der Waals surface area (Å²) in [7, 11) is 1.88. The first kappa shape index (κ1) is 8.44. The van der Waals surface area contributed by atoms with Crippen molar-refractivity contribution < 1.29 is 4.79 Å². The van der Waals surface area contributed by atoms with Crippen molar-refractivity contribution >= 4 is 5.78 Å². The molecule has 0 spiro atoms. The van der Waals surface area contributed by atoms with Crippen molar-refractivity contribution in [3.05, 3.63) is 18.0 Å². The van der Waals surface area contributed by atoms with Gasteiger partial charge in [-0.15, -0.1) is 0 Å². The molecule has 1 N–H and O–H groups in total. The second kappa shape index (κ2) is 3.30. The first-order chi connectivity index (χ1) is 6.25. The summed E-state index contributed by atoms with van der Waals surface area (Å²) in [5.74, 6) is 0.340. The summed E-state index contributed by atoms with van der Waals surface area (Å²) in [5, 5.41) is 7.39. The van der Waals surface area contributed by atoms with Gasteiger partial charge in [0.05, 0.1) is 6.20 Å². The van der Waals surface area contributed by atoms with E-state index in [1.807, 2.05) is 19.4 Å². The van der Waals surface area contributed by atoms with E-state index in [9.17, 15) is 4.79 Å². The van der Waals surface area contributed by atoms with Gasteiger partial charge in [0.25, 0.3) is 0 Å². The molecule has 1 aromatic rings. The van der Waals surface area contributed by atoms with Crippen molar-refractivity contribution in [3.8, 4) is 0 Å². The monoisotopic (exact) mass is 179 g/mol. The lowest BCUT2D eigenvalue weighted by Crippen LogP contribution is -2.31. The molecule has 1 fully saturated rings. The molecule has 2 heterocycles. The maximum atomic E-state index is 11.2. The molecule has 0 bridgehead atoms. The van der Waals surface area contributed by atoms with Crippen LogP contribution in [0.25, 0.3) is 0 Å². The Morgan fingerprint density at radius 2 is 2.54 bits per heavy atom. The SMILES string of the molecule is Cn1cc(C2CC(=O)CCN2)cn1. The largest absolute Gasteiger partial charge is 0.309 e. The molecule has 0 radical (unpaired) electrons. The third-order valence-corrected chi connectivity index (χ3v) is 2.35. The molecule has 0 amide bonds. The van der Waals surface area contributed by atoms with Gasteiger partial charge in [0, 0.05) is 44.2 Å². The van der Waals surface area contributed by atoms with Gasteiger partial charge in [-0.3, -0.25) is 9.48 Å². The van der Waals surface area contributed by atoms with Crippen LogP contribution in [0.5, 0.6) is 0 Å². The van der Waals surface area contributed by atoms with Crippen molar-refractivity contribution in [1.82, 2.24) is 15.1 Å². The topological polar surface area (TPSA) is 46.9 Å². The van der Waals surface area contributed by atoms with Gasteiger partial charge in [0.2, 0.25) is 0 Å². The highest BCUT2D eigenvalue weighted by Gasteiger charge is 2.20. The molecule has 0 aliphatic carbocycles. The van der Waals surface area contributed by atoms with Crippen LogP contribution in [-0.4, -0.2) is 22.1 Å². The van der Waals surface area contributed by atoms with Gasteiger partial charge < -0.3 is 5.32 Å². The average molecular weight is 179 g/mol. The third kappa shape index (κ3) is 1.78. The zero-order chi connectivity index (χ0) is 9.26. The van der Waals surface area contributed by atoms with Crippen LogP contribution >= 0.6 is 0 Å². The quantitative estimate of drug-likeness (QED) is 0.679. The van der Waals surface area contributed by atoms with Crippen LogP contribution in [-0.2, 0) is 11.8 Å². The molecule has 2 rings (SSSR count). The number of ketones is 1. The number of carbonyl (C=O) groups excluding carboxylic acids is 1. The molecule has 0 saturated carbocycles. The van der Waals surface area contributed by atoms with Gasteiger partial charge in [-0.2, -0.15) is 5.10 Å². The van der Waals surface area contributed by atoms with Crippen molar-refractivity contribution in [3.63, 3.8) is 0 Å². The van der Waals surface area contributed by atoms with E-state index in [1.165, 1.54) is 0 Å². The molecular formula is C9H13N3O. The molecule has 1 aliphatic rings. The van der Waals surface area contributed by atoms with Crippen molar-refractivity contribution in [2.75, 3.05) is 6.54 Å². The first-order valence-corrected chi connectivity index (χ1v) is 4.49. The third-order valence-electron chi connectivity index (χ3n) is 2.35. The second-order valence-electron chi connectivity index (χ2n) is 3.45. The molecule has 1 unspecified atom stereocenters. The lowest BCUT2D eigenvalue weighted by atomic mass is 9.99. The number of aromatic nitrogens is 2. The fraction of sp³-hybridized carbons (Fsp3) is 0.556. The number of piperidine rings is 1. The summed E-state index contributed by atoms with van der Waals surface area (Å²) in [6, 6.07) is 0.176. The normalized spacial score (nSPS) is 23.5. The summed E-state index contributed by atoms with van der Waals surface area (Å²) < 4.78 is 1.76. The van der Waals surface area contributed by atoms with Crippen molar-refractivity contribution in [2.45, 2.75) is 18.9 Å². The Morgan fingerprint density at radius 1 is 1.69 bits per heavy atom. The molecule has 1 saturated heterocycles. The van der Waals surface area contributed by atoms with Crippen LogP contribution in [0.3, 0.4) is 0 Å². The van der Waals surface area contributed by atoms with E-state index in [2.05, 4.69) is 10.4 Å². The maximum absolute atomic E-state index is 11.2. The zero-order valence-electron chi connectivity index (χ0n) is 7.66. The highest BCUT2D eigenvalue weighted by atomic mass is 16.1. The highest BCUT2D eigenvalue weighted by molar-refractivity contribution is 5.80. The van der Waals surface area contributed by atoms with E-state index >= 15 is 0 Å². The predicted octanol–water partition coefficient (Wildman–Crippen LogP) is 0.414. The molecule has 70 valence electrons. The number of nitrogens with one attached hydrogen (secondary N) is 1. The number of Topliss-reactive ketones (excluding diaryl/α,β-unsaturated/α-hetero) is 1. The van der Waals surface area contributed by atoms with Crippen LogP contribution in [0.4, 0.5) is 0 Å². The van der Waals surface area contributed by atoms with E-state index in [0.29, 0.717) is 18.6 Å². The van der Waals surface area contributed by atoms with E-state index in [1.54, 1.807) is 4.68 Å². The Labute approximate surface area is 76.9 Å².